The molecule has 1 radical (unpaired) electrons. The van der Waals surface area contributed by atoms with Gasteiger partial charge < -0.3 is 4.90 Å². The van der Waals surface area contributed by atoms with Gasteiger partial charge in [-0.2, -0.15) is 0 Å². The zero-order valence-corrected chi connectivity index (χ0v) is 17.4. The van der Waals surface area contributed by atoms with Gasteiger partial charge in [0.15, 0.2) is 9.84 Å². The molecule has 0 N–H and O–H groups in total. The van der Waals surface area contributed by atoms with Crippen LogP contribution in [0.5, 0.6) is 0 Å². The molecule has 0 aliphatic carbocycles. The first-order valence-electron chi connectivity index (χ1n) is 9.87. The zero-order chi connectivity index (χ0) is 20.1. The van der Waals surface area contributed by atoms with Crippen LogP contribution in [0, 0.1) is 5.92 Å². The first kappa shape index (κ1) is 20.7. The van der Waals surface area contributed by atoms with E-state index in [1.54, 1.807) is 18.2 Å². The van der Waals surface area contributed by atoms with Crippen LogP contribution in [0.15, 0.2) is 41.6 Å². The quantitative estimate of drug-likeness (QED) is 0.711. The Morgan fingerprint density at radius 3 is 2.43 bits per heavy atom. The molecule has 2 aromatic rings. The Bertz CT molecular complexity index is 876. The van der Waals surface area contributed by atoms with Crippen LogP contribution in [0.4, 0.5) is 5.95 Å². The van der Waals surface area contributed by atoms with Crippen molar-refractivity contribution in [3.8, 4) is 0 Å². The summed E-state index contributed by atoms with van der Waals surface area (Å²) >= 11 is 0. The van der Waals surface area contributed by atoms with Crippen molar-refractivity contribution >= 4 is 15.8 Å². The predicted molar refractivity (Wildman–Crippen MR) is 109 cm³/mol. The molecular formula is C21H28N3O3S. The maximum Gasteiger partial charge on any atom is 0.225 e. The van der Waals surface area contributed by atoms with Crippen molar-refractivity contribution in [1.29, 1.82) is 0 Å². The Kier molecular flexibility index (Phi) is 6.67. The van der Waals surface area contributed by atoms with E-state index in [9.17, 15) is 13.5 Å². The molecule has 1 aliphatic heterocycles. The number of aryl methyl sites for hydroxylation is 1. The molecule has 0 bridgehead atoms. The predicted octanol–water partition coefficient (Wildman–Crippen LogP) is 3.09. The second kappa shape index (κ2) is 9.01. The van der Waals surface area contributed by atoms with Crippen molar-refractivity contribution in [2.45, 2.75) is 50.0 Å². The molecule has 0 spiro atoms. The second-order valence-electron chi connectivity index (χ2n) is 7.63. The highest BCUT2D eigenvalue weighted by Gasteiger charge is 2.27. The summed E-state index contributed by atoms with van der Waals surface area (Å²) in [4.78, 5) is 11.4. The number of piperidine rings is 1. The van der Waals surface area contributed by atoms with Gasteiger partial charge in [0.25, 0.3) is 0 Å². The largest absolute Gasteiger partial charge is 0.341 e. The lowest BCUT2D eigenvalue weighted by Crippen LogP contribution is -2.39. The Morgan fingerprint density at radius 1 is 1.14 bits per heavy atom. The lowest BCUT2D eigenvalue weighted by molar-refractivity contribution is 0.0270. The van der Waals surface area contributed by atoms with Crippen LogP contribution in [0.2, 0.25) is 0 Å². The van der Waals surface area contributed by atoms with Gasteiger partial charge in [0.2, 0.25) is 5.95 Å². The van der Waals surface area contributed by atoms with Gasteiger partial charge in [-0.25, -0.2) is 23.5 Å². The zero-order valence-electron chi connectivity index (χ0n) is 16.5. The summed E-state index contributed by atoms with van der Waals surface area (Å²) in [6, 6.07) is 6.74. The summed E-state index contributed by atoms with van der Waals surface area (Å²) in [6.45, 7) is 3.69. The third-order valence-corrected chi connectivity index (χ3v) is 6.45. The number of benzene rings is 1. The van der Waals surface area contributed by atoms with Crippen LogP contribution in [0.3, 0.4) is 0 Å². The molecule has 1 aromatic carbocycles. The topological polar surface area (TPSA) is 83.1 Å². The number of sulfone groups is 1. The SMILES string of the molecule is CCCc1cnc(N2CCC([C@H]([O])Cc3cccc(S(C)(=O)=O)c3)CC2)nc1. The fraction of sp³-hybridized carbons (Fsp3) is 0.524. The maximum absolute atomic E-state index is 12.8. The molecule has 0 saturated carbocycles. The van der Waals surface area contributed by atoms with Crippen LogP contribution < -0.4 is 4.90 Å². The molecule has 1 fully saturated rings. The van der Waals surface area contributed by atoms with E-state index in [0.29, 0.717) is 6.42 Å². The van der Waals surface area contributed by atoms with Crippen molar-refractivity contribution in [2.75, 3.05) is 24.2 Å². The van der Waals surface area contributed by atoms with Gasteiger partial charge in [-0.15, -0.1) is 0 Å². The number of hydrogen-bond donors (Lipinski definition) is 0. The number of nitrogens with zero attached hydrogens (tertiary/aromatic N) is 3. The van der Waals surface area contributed by atoms with Crippen LogP contribution in [0.25, 0.3) is 0 Å². The lowest BCUT2D eigenvalue weighted by Gasteiger charge is -2.33. The van der Waals surface area contributed by atoms with E-state index in [1.165, 1.54) is 6.26 Å². The van der Waals surface area contributed by atoms with Gasteiger partial charge in [-0.1, -0.05) is 25.5 Å². The fourth-order valence-electron chi connectivity index (χ4n) is 3.70. The monoisotopic (exact) mass is 402 g/mol. The van der Waals surface area contributed by atoms with E-state index in [4.69, 9.17) is 0 Å². The standard InChI is InChI=1S/C21H28N3O3S/c1-3-5-17-14-22-21(23-15-17)24-10-8-18(9-11-24)20(25)13-16-6-4-7-19(12-16)28(2,26)27/h4,6-7,12,14-15,18,20H,3,5,8-11,13H2,1-2H3/t20-/m1/s1. The average Bonchev–Trinajstić information content (AvgIpc) is 2.68. The minimum absolute atomic E-state index is 0.0810. The van der Waals surface area contributed by atoms with Crippen molar-refractivity contribution < 1.29 is 13.5 Å². The molecule has 7 heteroatoms. The van der Waals surface area contributed by atoms with Crippen molar-refractivity contribution in [3.05, 3.63) is 47.8 Å². The summed E-state index contributed by atoms with van der Waals surface area (Å²) in [5.74, 6) is 0.819. The molecule has 0 amide bonds. The van der Waals surface area contributed by atoms with Gasteiger partial charge in [0.05, 0.1) is 11.0 Å². The molecule has 1 aliphatic rings. The molecule has 0 unspecified atom stereocenters. The summed E-state index contributed by atoms with van der Waals surface area (Å²) in [5.41, 5.74) is 1.94. The van der Waals surface area contributed by atoms with Gasteiger partial charge >= 0.3 is 0 Å². The van der Waals surface area contributed by atoms with E-state index in [-0.39, 0.29) is 10.8 Å². The molecule has 3 rings (SSSR count). The molecule has 1 saturated heterocycles. The van der Waals surface area contributed by atoms with E-state index >= 15 is 0 Å². The van der Waals surface area contributed by atoms with Crippen molar-refractivity contribution in [1.82, 2.24) is 9.97 Å². The minimum atomic E-state index is -3.25. The summed E-state index contributed by atoms with van der Waals surface area (Å²) < 4.78 is 23.4. The second-order valence-corrected chi connectivity index (χ2v) is 9.64. The molecule has 28 heavy (non-hydrogen) atoms. The fourth-order valence-corrected chi connectivity index (χ4v) is 4.39. The highest BCUT2D eigenvalue weighted by atomic mass is 32.2. The Morgan fingerprint density at radius 2 is 1.82 bits per heavy atom. The lowest BCUT2D eigenvalue weighted by atomic mass is 9.88. The Hall–Kier alpha value is -1.99. The van der Waals surface area contributed by atoms with Gasteiger partial charge in [0, 0.05) is 38.2 Å². The van der Waals surface area contributed by atoms with E-state index in [1.807, 2.05) is 18.5 Å². The average molecular weight is 403 g/mol. The summed E-state index contributed by atoms with van der Waals surface area (Å²) in [6.07, 6.45) is 8.27. The molecule has 151 valence electrons. The van der Waals surface area contributed by atoms with Gasteiger partial charge in [-0.05, 0) is 48.4 Å². The highest BCUT2D eigenvalue weighted by molar-refractivity contribution is 7.90. The van der Waals surface area contributed by atoms with Crippen LogP contribution >= 0.6 is 0 Å². The third-order valence-electron chi connectivity index (χ3n) is 5.34. The van der Waals surface area contributed by atoms with E-state index < -0.39 is 15.9 Å². The molecular weight excluding hydrogens is 374 g/mol. The van der Waals surface area contributed by atoms with E-state index in [0.717, 1.165) is 55.8 Å². The first-order valence-corrected chi connectivity index (χ1v) is 11.8. The van der Waals surface area contributed by atoms with E-state index in [2.05, 4.69) is 21.8 Å². The van der Waals surface area contributed by atoms with Crippen molar-refractivity contribution in [3.63, 3.8) is 0 Å². The highest BCUT2D eigenvalue weighted by Crippen LogP contribution is 2.26. The van der Waals surface area contributed by atoms with Crippen LogP contribution in [-0.4, -0.2) is 43.8 Å². The van der Waals surface area contributed by atoms with Gasteiger partial charge in [0.1, 0.15) is 0 Å². The Balaban J connectivity index is 1.56. The molecule has 1 aromatic heterocycles. The normalized spacial score (nSPS) is 16.9. The Labute approximate surface area is 167 Å². The third kappa shape index (κ3) is 5.29. The van der Waals surface area contributed by atoms with Crippen molar-refractivity contribution in [2.24, 2.45) is 5.92 Å². The first-order chi connectivity index (χ1) is 13.4. The number of rotatable bonds is 7. The molecule has 1 atom stereocenters. The number of hydrogen-bond acceptors (Lipinski definition) is 5. The smallest absolute Gasteiger partial charge is 0.225 e. The minimum Gasteiger partial charge on any atom is -0.341 e. The molecule has 6 nitrogen and oxygen atoms in total. The van der Waals surface area contributed by atoms with Gasteiger partial charge in [-0.3, -0.25) is 0 Å². The van der Waals surface area contributed by atoms with Crippen LogP contribution in [0.1, 0.15) is 37.3 Å². The van der Waals surface area contributed by atoms with Crippen LogP contribution in [-0.2, 0) is 27.8 Å². The number of anilines is 1. The number of aromatic nitrogens is 2. The maximum atomic E-state index is 12.8. The molecule has 2 heterocycles. The summed E-state index contributed by atoms with van der Waals surface area (Å²) in [5, 5.41) is 12.8. The summed E-state index contributed by atoms with van der Waals surface area (Å²) in [7, 11) is -3.25.